The molecule has 3 aromatic rings. The van der Waals surface area contributed by atoms with Crippen LogP contribution in [0.2, 0.25) is 0 Å². The van der Waals surface area contributed by atoms with Crippen molar-refractivity contribution in [2.45, 2.75) is 45.1 Å². The molecule has 0 spiro atoms. The van der Waals surface area contributed by atoms with Crippen LogP contribution in [0.1, 0.15) is 55.5 Å². The molecule has 2 fully saturated rings. The Hall–Kier alpha value is -2.47. The second-order valence-corrected chi connectivity index (χ2v) is 8.44. The summed E-state index contributed by atoms with van der Waals surface area (Å²) in [5, 5.41) is 8.90. The number of benzene rings is 1. The minimum atomic E-state index is 0.587. The van der Waals surface area contributed by atoms with Gasteiger partial charge in [-0.15, -0.1) is 10.2 Å². The van der Waals surface area contributed by atoms with Crippen molar-refractivity contribution in [3.05, 3.63) is 53.6 Å². The van der Waals surface area contributed by atoms with E-state index < -0.39 is 0 Å². The zero-order chi connectivity index (χ0) is 19.1. The van der Waals surface area contributed by atoms with Crippen LogP contribution in [0.3, 0.4) is 0 Å². The molecular weight excluding hydrogens is 348 g/mol. The van der Waals surface area contributed by atoms with Gasteiger partial charge in [0.2, 0.25) is 5.65 Å². The molecule has 2 aliphatic rings. The van der Waals surface area contributed by atoms with E-state index in [0.717, 1.165) is 50.0 Å². The number of aromatic nitrogens is 4. The largest absolute Gasteiger partial charge is 0.351 e. The summed E-state index contributed by atoms with van der Waals surface area (Å²) >= 11 is 0. The second-order valence-electron chi connectivity index (χ2n) is 8.44. The number of rotatable bonds is 5. The molecule has 6 nitrogen and oxygen atoms in total. The van der Waals surface area contributed by atoms with Gasteiger partial charge >= 0.3 is 0 Å². The fourth-order valence-corrected chi connectivity index (χ4v) is 4.06. The lowest BCUT2D eigenvalue weighted by Gasteiger charge is -2.35. The predicted molar refractivity (Wildman–Crippen MR) is 111 cm³/mol. The van der Waals surface area contributed by atoms with Gasteiger partial charge in [-0.1, -0.05) is 38.1 Å². The van der Waals surface area contributed by atoms with Crippen molar-refractivity contribution >= 4 is 11.5 Å². The Labute approximate surface area is 166 Å². The van der Waals surface area contributed by atoms with Crippen LogP contribution in [0.25, 0.3) is 5.65 Å². The van der Waals surface area contributed by atoms with Gasteiger partial charge in [0.15, 0.2) is 5.82 Å². The number of piperazine rings is 1. The number of anilines is 1. The van der Waals surface area contributed by atoms with E-state index in [1.165, 1.54) is 24.0 Å². The first-order valence-corrected chi connectivity index (χ1v) is 10.4. The van der Waals surface area contributed by atoms with E-state index in [-0.39, 0.29) is 0 Å². The van der Waals surface area contributed by atoms with E-state index in [1.807, 2.05) is 12.4 Å². The first-order valence-electron chi connectivity index (χ1n) is 10.4. The molecule has 1 aromatic carbocycles. The first-order chi connectivity index (χ1) is 13.7. The van der Waals surface area contributed by atoms with Gasteiger partial charge in [0.25, 0.3) is 0 Å². The van der Waals surface area contributed by atoms with Gasteiger partial charge in [0, 0.05) is 51.0 Å². The molecule has 2 aromatic heterocycles. The highest BCUT2D eigenvalue weighted by molar-refractivity contribution is 5.64. The second kappa shape index (κ2) is 7.17. The van der Waals surface area contributed by atoms with Gasteiger partial charge in [-0.2, -0.15) is 0 Å². The van der Waals surface area contributed by atoms with Crippen LogP contribution >= 0.6 is 0 Å². The summed E-state index contributed by atoms with van der Waals surface area (Å²) in [4.78, 5) is 9.53. The number of hydrogen-bond acceptors (Lipinski definition) is 5. The monoisotopic (exact) mass is 376 g/mol. The van der Waals surface area contributed by atoms with E-state index in [0.29, 0.717) is 11.8 Å². The highest BCUT2D eigenvalue weighted by Gasteiger charge is 2.30. The third-order valence-corrected chi connectivity index (χ3v) is 6.00. The standard InChI is InChI=1S/C22H28N6/c1-16(2)18-5-3-17(4-6-18)15-26-11-13-27(14-12-26)21-22-25-24-20(19-7-8-19)28(22)10-9-23-21/h3-6,9-10,16,19H,7-8,11-15H2,1-2H3. The van der Waals surface area contributed by atoms with E-state index in [1.54, 1.807) is 0 Å². The zero-order valence-electron chi connectivity index (χ0n) is 16.8. The molecule has 1 aliphatic heterocycles. The zero-order valence-corrected chi connectivity index (χ0v) is 16.8. The highest BCUT2D eigenvalue weighted by Crippen LogP contribution is 2.39. The molecule has 0 amide bonds. The number of hydrogen-bond donors (Lipinski definition) is 0. The highest BCUT2D eigenvalue weighted by atomic mass is 15.3. The maximum atomic E-state index is 4.64. The summed E-state index contributed by atoms with van der Waals surface area (Å²) in [6.45, 7) is 9.53. The predicted octanol–water partition coefficient (Wildman–Crippen LogP) is 3.45. The minimum absolute atomic E-state index is 0.587. The van der Waals surface area contributed by atoms with Crippen molar-refractivity contribution < 1.29 is 0 Å². The van der Waals surface area contributed by atoms with Crippen LogP contribution in [-0.4, -0.2) is 50.7 Å². The molecular formula is C22H28N6. The molecule has 3 heterocycles. The van der Waals surface area contributed by atoms with Crippen LogP contribution in [0.4, 0.5) is 5.82 Å². The fraction of sp³-hybridized carbons (Fsp3) is 0.500. The molecule has 0 bridgehead atoms. The SMILES string of the molecule is CC(C)c1ccc(CN2CCN(c3nccn4c(C5CC5)nnc34)CC2)cc1. The molecule has 28 heavy (non-hydrogen) atoms. The van der Waals surface area contributed by atoms with Crippen molar-refractivity contribution in [2.24, 2.45) is 0 Å². The topological polar surface area (TPSA) is 49.6 Å². The Morgan fingerprint density at radius 2 is 1.75 bits per heavy atom. The molecule has 0 atom stereocenters. The average molecular weight is 377 g/mol. The molecule has 6 heteroatoms. The van der Waals surface area contributed by atoms with Gasteiger partial charge in [-0.3, -0.25) is 9.30 Å². The van der Waals surface area contributed by atoms with Crippen LogP contribution in [0.5, 0.6) is 0 Å². The molecule has 1 saturated carbocycles. The number of nitrogens with zero attached hydrogens (tertiary/aromatic N) is 6. The average Bonchev–Trinajstić information content (AvgIpc) is 3.47. The molecule has 1 saturated heterocycles. The van der Waals surface area contributed by atoms with Crippen molar-refractivity contribution in [3.8, 4) is 0 Å². The Kier molecular flexibility index (Phi) is 4.51. The summed E-state index contributed by atoms with van der Waals surface area (Å²) in [6.07, 6.45) is 6.36. The normalized spacial score (nSPS) is 18.3. The lowest BCUT2D eigenvalue weighted by atomic mass is 10.0. The van der Waals surface area contributed by atoms with Crippen molar-refractivity contribution in [1.82, 2.24) is 24.5 Å². The summed E-state index contributed by atoms with van der Waals surface area (Å²) in [5.74, 6) is 3.25. The fourth-order valence-electron chi connectivity index (χ4n) is 4.06. The quantitative estimate of drug-likeness (QED) is 0.683. The van der Waals surface area contributed by atoms with E-state index in [9.17, 15) is 0 Å². The maximum Gasteiger partial charge on any atom is 0.203 e. The summed E-state index contributed by atoms with van der Waals surface area (Å²) in [5.41, 5.74) is 3.71. The maximum absolute atomic E-state index is 4.64. The van der Waals surface area contributed by atoms with Crippen LogP contribution < -0.4 is 4.90 Å². The molecule has 0 unspecified atom stereocenters. The van der Waals surface area contributed by atoms with Gasteiger partial charge in [0.1, 0.15) is 5.82 Å². The Morgan fingerprint density at radius 1 is 1.00 bits per heavy atom. The summed E-state index contributed by atoms with van der Waals surface area (Å²) in [6, 6.07) is 9.09. The molecule has 0 radical (unpaired) electrons. The van der Waals surface area contributed by atoms with Crippen LogP contribution in [0, 0.1) is 0 Å². The third-order valence-electron chi connectivity index (χ3n) is 6.00. The Bertz CT molecular complexity index is 949. The van der Waals surface area contributed by atoms with Crippen LogP contribution in [-0.2, 0) is 6.54 Å². The van der Waals surface area contributed by atoms with Crippen molar-refractivity contribution in [2.75, 3.05) is 31.1 Å². The molecule has 5 rings (SSSR count). The van der Waals surface area contributed by atoms with E-state index >= 15 is 0 Å². The molecule has 146 valence electrons. The lowest BCUT2D eigenvalue weighted by Crippen LogP contribution is -2.46. The van der Waals surface area contributed by atoms with Crippen molar-refractivity contribution in [1.29, 1.82) is 0 Å². The van der Waals surface area contributed by atoms with Crippen LogP contribution in [0.15, 0.2) is 36.7 Å². The molecule has 1 aliphatic carbocycles. The lowest BCUT2D eigenvalue weighted by molar-refractivity contribution is 0.249. The smallest absolute Gasteiger partial charge is 0.203 e. The Balaban J connectivity index is 1.25. The Morgan fingerprint density at radius 3 is 2.43 bits per heavy atom. The van der Waals surface area contributed by atoms with E-state index in [4.69, 9.17) is 0 Å². The first kappa shape index (κ1) is 17.6. The third kappa shape index (κ3) is 3.37. The van der Waals surface area contributed by atoms with Gasteiger partial charge in [-0.25, -0.2) is 4.98 Å². The number of fused-ring (bicyclic) bond motifs is 1. The van der Waals surface area contributed by atoms with Gasteiger partial charge in [-0.05, 0) is 29.9 Å². The van der Waals surface area contributed by atoms with Gasteiger partial charge in [0.05, 0.1) is 0 Å². The van der Waals surface area contributed by atoms with Crippen molar-refractivity contribution in [3.63, 3.8) is 0 Å². The molecule has 0 N–H and O–H groups in total. The minimum Gasteiger partial charge on any atom is -0.351 e. The van der Waals surface area contributed by atoms with Gasteiger partial charge < -0.3 is 4.90 Å². The van der Waals surface area contributed by atoms with E-state index in [2.05, 4.69) is 67.5 Å². The summed E-state index contributed by atoms with van der Waals surface area (Å²) < 4.78 is 2.14. The summed E-state index contributed by atoms with van der Waals surface area (Å²) in [7, 11) is 0.